The van der Waals surface area contributed by atoms with Gasteiger partial charge in [0.05, 0.1) is 17.0 Å². The van der Waals surface area contributed by atoms with Crippen molar-refractivity contribution < 1.29 is 18.0 Å². The second-order valence-electron chi connectivity index (χ2n) is 7.94. The first-order chi connectivity index (χ1) is 16.1. The van der Waals surface area contributed by atoms with Crippen LogP contribution in [0.4, 0.5) is 5.69 Å². The molecule has 0 heterocycles. The largest absolute Gasteiger partial charge is 0.354 e. The van der Waals surface area contributed by atoms with Gasteiger partial charge in [0, 0.05) is 18.1 Å². The summed E-state index contributed by atoms with van der Waals surface area (Å²) in [5.41, 5.74) is 0.966. The third-order valence-corrected chi connectivity index (χ3v) is 6.98. The number of nitrogens with zero attached hydrogens (tertiary/aromatic N) is 2. The van der Waals surface area contributed by atoms with Crippen molar-refractivity contribution in [1.82, 2.24) is 10.2 Å². The van der Waals surface area contributed by atoms with Gasteiger partial charge in [-0.1, -0.05) is 67.7 Å². The normalized spacial score (nSPS) is 12.1. The summed E-state index contributed by atoms with van der Waals surface area (Å²) >= 11 is 12.2. The third kappa shape index (κ3) is 7.89. The lowest BCUT2D eigenvalue weighted by molar-refractivity contribution is -0.140. The molecular weight excluding hydrogens is 497 g/mol. The number of rotatable bonds is 12. The van der Waals surface area contributed by atoms with E-state index in [-0.39, 0.29) is 23.2 Å². The number of hydrogen-bond acceptors (Lipinski definition) is 4. The predicted molar refractivity (Wildman–Crippen MR) is 138 cm³/mol. The van der Waals surface area contributed by atoms with Gasteiger partial charge in [0.15, 0.2) is 0 Å². The average Bonchev–Trinajstić information content (AvgIpc) is 2.78. The zero-order chi connectivity index (χ0) is 25.3. The van der Waals surface area contributed by atoms with E-state index in [0.717, 1.165) is 29.0 Å². The fourth-order valence-electron chi connectivity index (χ4n) is 3.46. The molecule has 34 heavy (non-hydrogen) atoms. The van der Waals surface area contributed by atoms with Gasteiger partial charge in [-0.3, -0.25) is 13.9 Å². The first-order valence-electron chi connectivity index (χ1n) is 11.1. The monoisotopic (exact) mass is 527 g/mol. The zero-order valence-corrected chi connectivity index (χ0v) is 22.0. The molecule has 0 aromatic heterocycles. The van der Waals surface area contributed by atoms with Crippen molar-refractivity contribution in [2.75, 3.05) is 23.7 Å². The van der Waals surface area contributed by atoms with Crippen LogP contribution in [0.3, 0.4) is 0 Å². The average molecular weight is 529 g/mol. The molecule has 2 rings (SSSR count). The Hall–Kier alpha value is -2.29. The minimum atomic E-state index is -3.83. The van der Waals surface area contributed by atoms with Gasteiger partial charge in [-0.15, -0.1) is 0 Å². The Labute approximate surface area is 212 Å². The minimum Gasteiger partial charge on any atom is -0.354 e. The predicted octanol–water partition coefficient (Wildman–Crippen LogP) is 4.48. The van der Waals surface area contributed by atoms with Crippen molar-refractivity contribution in [2.45, 2.75) is 45.7 Å². The molecule has 2 aromatic rings. The van der Waals surface area contributed by atoms with Gasteiger partial charge in [0.25, 0.3) is 0 Å². The summed E-state index contributed by atoms with van der Waals surface area (Å²) in [5.74, 6) is -0.792. The lowest BCUT2D eigenvalue weighted by Gasteiger charge is -2.33. The molecule has 7 nitrogen and oxygen atoms in total. The standard InChI is InChI=1S/C24H31Cl2N3O4S/c1-4-6-15-27-24(31)21(5-2)28(16-18-11-13-19(25)14-12-18)23(30)17-29(34(3,32)33)22-10-8-7-9-20(22)26/h7-14,21H,4-6,15-17H2,1-3H3,(H,27,31)/t21-/m0/s1. The highest BCUT2D eigenvalue weighted by molar-refractivity contribution is 7.92. The number of sulfonamides is 1. The van der Waals surface area contributed by atoms with Gasteiger partial charge < -0.3 is 10.2 Å². The Morgan fingerprint density at radius 2 is 1.68 bits per heavy atom. The number of para-hydroxylation sites is 1. The second kappa shape index (κ2) is 13.0. The molecule has 2 aromatic carbocycles. The van der Waals surface area contributed by atoms with Crippen molar-refractivity contribution in [3.8, 4) is 0 Å². The molecule has 1 N–H and O–H groups in total. The molecule has 0 aliphatic heterocycles. The fourth-order valence-corrected chi connectivity index (χ4v) is 4.74. The van der Waals surface area contributed by atoms with Gasteiger partial charge in [-0.25, -0.2) is 8.42 Å². The third-order valence-electron chi connectivity index (χ3n) is 5.28. The lowest BCUT2D eigenvalue weighted by atomic mass is 10.1. The molecule has 0 radical (unpaired) electrons. The minimum absolute atomic E-state index is 0.121. The van der Waals surface area contributed by atoms with Gasteiger partial charge in [-0.2, -0.15) is 0 Å². The van der Waals surface area contributed by atoms with Gasteiger partial charge in [-0.05, 0) is 42.7 Å². The molecule has 1 atom stereocenters. The number of carbonyl (C=O) groups excluding carboxylic acids is 2. The molecule has 0 unspecified atom stereocenters. The van der Waals surface area contributed by atoms with Gasteiger partial charge >= 0.3 is 0 Å². The Morgan fingerprint density at radius 1 is 1.03 bits per heavy atom. The summed E-state index contributed by atoms with van der Waals surface area (Å²) in [6, 6.07) is 12.6. The van der Waals surface area contributed by atoms with Crippen LogP contribution >= 0.6 is 23.2 Å². The highest BCUT2D eigenvalue weighted by atomic mass is 35.5. The van der Waals surface area contributed by atoms with Crippen molar-refractivity contribution in [2.24, 2.45) is 0 Å². The Kier molecular flexibility index (Phi) is 10.7. The van der Waals surface area contributed by atoms with E-state index in [4.69, 9.17) is 23.2 Å². The maximum atomic E-state index is 13.6. The van der Waals surface area contributed by atoms with Crippen LogP contribution in [-0.2, 0) is 26.2 Å². The van der Waals surface area contributed by atoms with Gasteiger partial charge in [0.2, 0.25) is 21.8 Å². The summed E-state index contributed by atoms with van der Waals surface area (Å²) in [5, 5.41) is 3.63. The number of unbranched alkanes of at least 4 members (excludes halogenated alkanes) is 1. The van der Waals surface area contributed by atoms with E-state index in [1.165, 1.54) is 11.0 Å². The van der Waals surface area contributed by atoms with Crippen LogP contribution in [0.15, 0.2) is 48.5 Å². The van der Waals surface area contributed by atoms with Crippen LogP contribution in [0.5, 0.6) is 0 Å². The van der Waals surface area contributed by atoms with Crippen molar-refractivity contribution >= 4 is 50.7 Å². The number of halogens is 2. The van der Waals surface area contributed by atoms with E-state index in [9.17, 15) is 18.0 Å². The first-order valence-corrected chi connectivity index (χ1v) is 13.7. The van der Waals surface area contributed by atoms with E-state index >= 15 is 0 Å². The van der Waals surface area contributed by atoms with Crippen LogP contribution in [0.2, 0.25) is 10.0 Å². The van der Waals surface area contributed by atoms with Crippen molar-refractivity contribution in [1.29, 1.82) is 0 Å². The van der Waals surface area contributed by atoms with Crippen LogP contribution in [0.25, 0.3) is 0 Å². The molecule has 2 amide bonds. The number of carbonyl (C=O) groups is 2. The highest BCUT2D eigenvalue weighted by Gasteiger charge is 2.32. The molecule has 186 valence electrons. The molecular formula is C24H31Cl2N3O4S. The summed E-state index contributed by atoms with van der Waals surface area (Å²) in [7, 11) is -3.83. The maximum Gasteiger partial charge on any atom is 0.244 e. The second-order valence-corrected chi connectivity index (χ2v) is 10.7. The molecule has 0 aliphatic rings. The Morgan fingerprint density at radius 3 is 2.24 bits per heavy atom. The van der Waals surface area contributed by atoms with Crippen LogP contribution < -0.4 is 9.62 Å². The van der Waals surface area contributed by atoms with Crippen LogP contribution in [-0.4, -0.2) is 50.5 Å². The zero-order valence-electron chi connectivity index (χ0n) is 19.6. The van der Waals surface area contributed by atoms with Crippen LogP contribution in [0, 0.1) is 0 Å². The molecule has 0 fully saturated rings. The summed E-state index contributed by atoms with van der Waals surface area (Å²) in [6.45, 7) is 3.97. The summed E-state index contributed by atoms with van der Waals surface area (Å²) in [4.78, 5) is 27.9. The van der Waals surface area contributed by atoms with E-state index in [2.05, 4.69) is 5.32 Å². The molecule has 0 saturated carbocycles. The van der Waals surface area contributed by atoms with E-state index in [0.29, 0.717) is 18.0 Å². The van der Waals surface area contributed by atoms with Crippen LogP contribution in [0.1, 0.15) is 38.7 Å². The van der Waals surface area contributed by atoms with Crippen molar-refractivity contribution in [3.63, 3.8) is 0 Å². The molecule has 10 heteroatoms. The smallest absolute Gasteiger partial charge is 0.244 e. The Balaban J connectivity index is 2.40. The number of amides is 2. The first kappa shape index (κ1) is 28.0. The summed E-state index contributed by atoms with van der Waals surface area (Å²) < 4.78 is 26.1. The number of hydrogen-bond donors (Lipinski definition) is 1. The molecule has 0 bridgehead atoms. The Bertz CT molecular complexity index is 1080. The highest BCUT2D eigenvalue weighted by Crippen LogP contribution is 2.27. The lowest BCUT2D eigenvalue weighted by Crippen LogP contribution is -2.52. The number of nitrogens with one attached hydrogen (secondary N) is 1. The van der Waals surface area contributed by atoms with Gasteiger partial charge in [0.1, 0.15) is 12.6 Å². The number of benzene rings is 2. The maximum absolute atomic E-state index is 13.6. The molecule has 0 aliphatic carbocycles. The topological polar surface area (TPSA) is 86.8 Å². The van der Waals surface area contributed by atoms with E-state index in [1.54, 1.807) is 42.5 Å². The summed E-state index contributed by atoms with van der Waals surface area (Å²) in [6.07, 6.45) is 3.12. The quantitative estimate of drug-likeness (QED) is 0.412. The SMILES string of the molecule is CCCCNC(=O)[C@H](CC)N(Cc1ccc(Cl)cc1)C(=O)CN(c1ccccc1Cl)S(C)(=O)=O. The number of anilines is 1. The molecule has 0 spiro atoms. The van der Waals surface area contributed by atoms with E-state index in [1.807, 2.05) is 13.8 Å². The van der Waals surface area contributed by atoms with Crippen molar-refractivity contribution in [3.05, 3.63) is 64.1 Å². The van der Waals surface area contributed by atoms with E-state index < -0.39 is 28.5 Å². The molecule has 0 saturated heterocycles. The fraction of sp³-hybridized carbons (Fsp3) is 0.417.